The van der Waals surface area contributed by atoms with Crippen LogP contribution >= 0.6 is 0 Å². The normalized spacial score (nSPS) is 25.6. The van der Waals surface area contributed by atoms with Crippen LogP contribution in [0.25, 0.3) is 0 Å². The molecule has 0 unspecified atom stereocenters. The Morgan fingerprint density at radius 1 is 1.11 bits per heavy atom. The third kappa shape index (κ3) is 3.22. The molecule has 2 amide bonds. The molecule has 1 aromatic rings. The van der Waals surface area contributed by atoms with E-state index < -0.39 is 12.0 Å². The highest BCUT2D eigenvalue weighted by molar-refractivity contribution is 5.91. The third-order valence-corrected chi connectivity index (χ3v) is 6.25. The number of esters is 1. The summed E-state index contributed by atoms with van der Waals surface area (Å²) in [6.45, 7) is 0.507. The molecular weight excluding hydrogens is 344 g/mol. The summed E-state index contributed by atoms with van der Waals surface area (Å²) in [5, 5.41) is 0. The second-order valence-electron chi connectivity index (χ2n) is 7.81. The average molecular weight is 370 g/mol. The number of carbonyl (C=O) groups is 3. The molecular formula is C21H26N2O4. The van der Waals surface area contributed by atoms with Crippen molar-refractivity contribution in [3.8, 4) is 0 Å². The molecule has 2 aliphatic heterocycles. The monoisotopic (exact) mass is 370 g/mol. The van der Waals surface area contributed by atoms with Crippen LogP contribution in [0.5, 0.6) is 0 Å². The summed E-state index contributed by atoms with van der Waals surface area (Å²) < 4.78 is 4.96. The van der Waals surface area contributed by atoms with E-state index in [2.05, 4.69) is 0 Å². The summed E-state index contributed by atoms with van der Waals surface area (Å²) in [7, 11) is 1.35. The molecule has 0 N–H and O–H groups in total. The summed E-state index contributed by atoms with van der Waals surface area (Å²) in [5.41, 5.74) is 2.08. The number of fused-ring (bicyclic) bond motifs is 3. The van der Waals surface area contributed by atoms with Crippen LogP contribution in [0.4, 0.5) is 0 Å². The highest BCUT2D eigenvalue weighted by Crippen LogP contribution is 2.37. The Morgan fingerprint density at radius 2 is 1.85 bits per heavy atom. The summed E-state index contributed by atoms with van der Waals surface area (Å²) in [5.74, 6) is -0.427. The molecule has 4 rings (SSSR count). The summed E-state index contributed by atoms with van der Waals surface area (Å²) in [4.78, 5) is 41.7. The number of hydrogen-bond acceptors (Lipinski definition) is 4. The predicted octanol–water partition coefficient (Wildman–Crippen LogP) is 2.08. The molecule has 1 saturated carbocycles. The first kappa shape index (κ1) is 18.0. The highest BCUT2D eigenvalue weighted by atomic mass is 16.5. The smallest absolute Gasteiger partial charge is 0.328 e. The molecule has 2 atom stereocenters. The van der Waals surface area contributed by atoms with Gasteiger partial charge in [-0.3, -0.25) is 9.59 Å². The van der Waals surface area contributed by atoms with Crippen molar-refractivity contribution in [2.75, 3.05) is 20.2 Å². The van der Waals surface area contributed by atoms with Crippen molar-refractivity contribution in [3.05, 3.63) is 35.4 Å². The molecule has 6 heteroatoms. The number of piperazine rings is 1. The molecule has 27 heavy (non-hydrogen) atoms. The second kappa shape index (κ2) is 7.33. The van der Waals surface area contributed by atoms with E-state index in [1.807, 2.05) is 24.3 Å². The molecule has 0 spiro atoms. The molecule has 3 aliphatic rings. The minimum atomic E-state index is -0.616. The van der Waals surface area contributed by atoms with Crippen LogP contribution in [-0.4, -0.2) is 53.8 Å². The first-order valence-corrected chi connectivity index (χ1v) is 9.85. The van der Waals surface area contributed by atoms with E-state index >= 15 is 0 Å². The van der Waals surface area contributed by atoms with Crippen LogP contribution in [0.2, 0.25) is 0 Å². The van der Waals surface area contributed by atoms with Gasteiger partial charge < -0.3 is 14.5 Å². The number of nitrogens with zero attached hydrogens (tertiary/aromatic N) is 2. The summed E-state index contributed by atoms with van der Waals surface area (Å²) in [6.07, 6.45) is 5.65. The maximum Gasteiger partial charge on any atom is 0.328 e. The Balaban J connectivity index is 1.64. The van der Waals surface area contributed by atoms with Crippen molar-refractivity contribution in [1.29, 1.82) is 0 Å². The lowest BCUT2D eigenvalue weighted by Gasteiger charge is -2.48. The van der Waals surface area contributed by atoms with Gasteiger partial charge in [0.05, 0.1) is 19.7 Å². The second-order valence-corrected chi connectivity index (χ2v) is 7.81. The lowest BCUT2D eigenvalue weighted by Crippen LogP contribution is -2.61. The standard InChI is InChI=1S/C21H26N2O4/c1-27-21(26)17-11-15-9-5-6-10-16(15)18-12-22(13-19(24)23(17)18)20(25)14-7-3-2-4-8-14/h5-6,9-10,14,17-18H,2-4,7-8,11-13H2,1H3/t17-,18+/m0/s1. The molecule has 1 aromatic carbocycles. The van der Waals surface area contributed by atoms with Gasteiger partial charge >= 0.3 is 5.97 Å². The first-order valence-electron chi connectivity index (χ1n) is 9.85. The van der Waals surface area contributed by atoms with Gasteiger partial charge in [0.25, 0.3) is 0 Å². The Hall–Kier alpha value is -2.37. The average Bonchev–Trinajstić information content (AvgIpc) is 2.72. The van der Waals surface area contributed by atoms with Crippen molar-refractivity contribution in [2.24, 2.45) is 5.92 Å². The van der Waals surface area contributed by atoms with E-state index in [1.165, 1.54) is 13.5 Å². The van der Waals surface area contributed by atoms with Crippen LogP contribution < -0.4 is 0 Å². The number of methoxy groups -OCH3 is 1. The highest BCUT2D eigenvalue weighted by Gasteiger charge is 2.46. The Kier molecular flexibility index (Phi) is 4.89. The number of amides is 2. The van der Waals surface area contributed by atoms with E-state index in [-0.39, 0.29) is 30.3 Å². The van der Waals surface area contributed by atoms with Gasteiger partial charge in [0.2, 0.25) is 11.8 Å². The lowest BCUT2D eigenvalue weighted by molar-refractivity contribution is -0.163. The van der Waals surface area contributed by atoms with Gasteiger partial charge in [-0.15, -0.1) is 0 Å². The zero-order chi connectivity index (χ0) is 19.0. The van der Waals surface area contributed by atoms with Crippen LogP contribution in [0.3, 0.4) is 0 Å². The largest absolute Gasteiger partial charge is 0.467 e. The van der Waals surface area contributed by atoms with Crippen molar-refractivity contribution in [1.82, 2.24) is 9.80 Å². The van der Waals surface area contributed by atoms with E-state index in [4.69, 9.17) is 4.74 Å². The number of hydrogen-bond donors (Lipinski definition) is 0. The van der Waals surface area contributed by atoms with Crippen LogP contribution in [-0.2, 0) is 25.5 Å². The van der Waals surface area contributed by atoms with Gasteiger partial charge in [0.15, 0.2) is 0 Å². The topological polar surface area (TPSA) is 66.9 Å². The maximum atomic E-state index is 13.0. The predicted molar refractivity (Wildman–Crippen MR) is 98.7 cm³/mol. The number of carbonyl (C=O) groups excluding carboxylic acids is 3. The summed E-state index contributed by atoms with van der Waals surface area (Å²) in [6, 6.07) is 6.99. The van der Waals surface area contributed by atoms with E-state index in [9.17, 15) is 14.4 Å². The van der Waals surface area contributed by atoms with Gasteiger partial charge in [-0.25, -0.2) is 4.79 Å². The van der Waals surface area contributed by atoms with Crippen molar-refractivity contribution >= 4 is 17.8 Å². The zero-order valence-corrected chi connectivity index (χ0v) is 15.7. The molecule has 0 aromatic heterocycles. The quantitative estimate of drug-likeness (QED) is 0.748. The minimum Gasteiger partial charge on any atom is -0.467 e. The Bertz CT molecular complexity index is 756. The lowest BCUT2D eigenvalue weighted by atomic mass is 9.85. The van der Waals surface area contributed by atoms with Crippen LogP contribution in [0.15, 0.2) is 24.3 Å². The third-order valence-electron chi connectivity index (χ3n) is 6.25. The fraction of sp³-hybridized carbons (Fsp3) is 0.571. The molecule has 1 aliphatic carbocycles. The van der Waals surface area contributed by atoms with Crippen molar-refractivity contribution in [3.63, 3.8) is 0 Å². The van der Waals surface area contributed by atoms with Gasteiger partial charge in [-0.2, -0.15) is 0 Å². The van der Waals surface area contributed by atoms with E-state index in [0.29, 0.717) is 13.0 Å². The SMILES string of the molecule is COC(=O)[C@@H]1Cc2ccccc2[C@H]2CN(C(=O)C3CCCCC3)CC(=O)N21. The van der Waals surface area contributed by atoms with E-state index in [0.717, 1.165) is 36.8 Å². The molecule has 2 fully saturated rings. The van der Waals surface area contributed by atoms with Crippen molar-refractivity contribution < 1.29 is 19.1 Å². The first-order chi connectivity index (χ1) is 13.1. The zero-order valence-electron chi connectivity index (χ0n) is 15.7. The Morgan fingerprint density at radius 3 is 2.59 bits per heavy atom. The number of ether oxygens (including phenoxy) is 1. The van der Waals surface area contributed by atoms with Crippen molar-refractivity contribution in [2.45, 2.75) is 50.6 Å². The molecule has 2 heterocycles. The van der Waals surface area contributed by atoms with Crippen LogP contribution in [0.1, 0.15) is 49.3 Å². The minimum absolute atomic E-state index is 0.0355. The summed E-state index contributed by atoms with van der Waals surface area (Å²) >= 11 is 0. The maximum absolute atomic E-state index is 13.0. The van der Waals surface area contributed by atoms with Crippen LogP contribution in [0, 0.1) is 5.92 Å². The molecule has 0 bridgehead atoms. The molecule has 6 nitrogen and oxygen atoms in total. The molecule has 1 saturated heterocycles. The van der Waals surface area contributed by atoms with Gasteiger partial charge in [0.1, 0.15) is 6.04 Å². The van der Waals surface area contributed by atoms with Gasteiger partial charge in [-0.1, -0.05) is 43.5 Å². The number of rotatable bonds is 2. The fourth-order valence-electron chi connectivity index (χ4n) is 4.88. The van der Waals surface area contributed by atoms with Gasteiger partial charge in [0, 0.05) is 18.9 Å². The van der Waals surface area contributed by atoms with E-state index in [1.54, 1.807) is 9.80 Å². The molecule has 0 radical (unpaired) electrons. The number of benzene rings is 1. The Labute approximate surface area is 159 Å². The van der Waals surface area contributed by atoms with Gasteiger partial charge in [-0.05, 0) is 24.0 Å². The molecule has 144 valence electrons. The fourth-order valence-corrected chi connectivity index (χ4v) is 4.88.